The second-order valence-corrected chi connectivity index (χ2v) is 5.09. The molecule has 0 radical (unpaired) electrons. The number of piperazine rings is 1. The standard InChI is InChI=1S/C12H14FN5S/c13-9-3-1-2-4-10(9)17-5-7-18(8-6-17)12-15-11(14)16-19-12/h1-4H,5-8H2,(H2,14,16). The molecule has 1 aromatic heterocycles. The van der Waals surface area contributed by atoms with Gasteiger partial charge in [0.15, 0.2) is 0 Å². The van der Waals surface area contributed by atoms with E-state index in [0.717, 1.165) is 31.3 Å². The minimum Gasteiger partial charge on any atom is -0.367 e. The molecule has 100 valence electrons. The summed E-state index contributed by atoms with van der Waals surface area (Å²) in [7, 11) is 0. The van der Waals surface area contributed by atoms with Gasteiger partial charge in [-0.1, -0.05) is 12.1 Å². The maximum atomic E-state index is 13.7. The van der Waals surface area contributed by atoms with Crippen LogP contribution in [0.1, 0.15) is 0 Å². The summed E-state index contributed by atoms with van der Waals surface area (Å²) in [6, 6.07) is 6.87. The van der Waals surface area contributed by atoms with Crippen LogP contribution in [0.2, 0.25) is 0 Å². The van der Waals surface area contributed by atoms with Crippen molar-refractivity contribution in [2.24, 2.45) is 0 Å². The largest absolute Gasteiger partial charge is 0.367 e. The van der Waals surface area contributed by atoms with Crippen molar-refractivity contribution in [3.05, 3.63) is 30.1 Å². The van der Waals surface area contributed by atoms with Gasteiger partial charge in [0.1, 0.15) is 5.82 Å². The highest BCUT2D eigenvalue weighted by atomic mass is 32.1. The number of nitrogens with two attached hydrogens (primary N) is 1. The zero-order chi connectivity index (χ0) is 13.2. The normalized spacial score (nSPS) is 15.8. The molecule has 0 spiro atoms. The van der Waals surface area contributed by atoms with Gasteiger partial charge in [0.25, 0.3) is 0 Å². The monoisotopic (exact) mass is 279 g/mol. The Morgan fingerprint density at radius 2 is 1.79 bits per heavy atom. The fraction of sp³-hybridized carbons (Fsp3) is 0.333. The molecule has 3 rings (SSSR count). The highest BCUT2D eigenvalue weighted by Gasteiger charge is 2.21. The van der Waals surface area contributed by atoms with Crippen molar-refractivity contribution >= 4 is 28.3 Å². The quantitative estimate of drug-likeness (QED) is 0.904. The van der Waals surface area contributed by atoms with E-state index in [1.165, 1.54) is 17.6 Å². The van der Waals surface area contributed by atoms with E-state index in [4.69, 9.17) is 5.73 Å². The highest BCUT2D eigenvalue weighted by Crippen LogP contribution is 2.23. The van der Waals surface area contributed by atoms with E-state index in [1.807, 2.05) is 12.1 Å². The summed E-state index contributed by atoms with van der Waals surface area (Å²) < 4.78 is 17.7. The molecule has 1 fully saturated rings. The second kappa shape index (κ2) is 5.00. The molecule has 0 atom stereocenters. The van der Waals surface area contributed by atoms with Crippen LogP contribution < -0.4 is 15.5 Å². The van der Waals surface area contributed by atoms with Crippen molar-refractivity contribution in [2.75, 3.05) is 41.7 Å². The number of rotatable bonds is 2. The van der Waals surface area contributed by atoms with E-state index in [2.05, 4.69) is 19.2 Å². The van der Waals surface area contributed by atoms with Crippen molar-refractivity contribution in [1.29, 1.82) is 0 Å². The maximum Gasteiger partial charge on any atom is 0.233 e. The number of para-hydroxylation sites is 1. The summed E-state index contributed by atoms with van der Waals surface area (Å²) in [6.07, 6.45) is 0. The van der Waals surface area contributed by atoms with Crippen molar-refractivity contribution in [3.63, 3.8) is 0 Å². The Bertz CT molecular complexity index is 565. The molecule has 0 saturated carbocycles. The fourth-order valence-corrected chi connectivity index (χ4v) is 2.85. The highest BCUT2D eigenvalue weighted by molar-refractivity contribution is 7.09. The predicted molar refractivity (Wildman–Crippen MR) is 75.1 cm³/mol. The van der Waals surface area contributed by atoms with Crippen molar-refractivity contribution in [2.45, 2.75) is 0 Å². The van der Waals surface area contributed by atoms with Gasteiger partial charge in [-0.15, -0.1) is 0 Å². The van der Waals surface area contributed by atoms with Gasteiger partial charge in [0.05, 0.1) is 5.69 Å². The lowest BCUT2D eigenvalue weighted by atomic mass is 10.2. The fourth-order valence-electron chi connectivity index (χ4n) is 2.20. The number of aromatic nitrogens is 2. The molecule has 1 aliphatic rings. The zero-order valence-corrected chi connectivity index (χ0v) is 11.1. The molecule has 0 bridgehead atoms. The third kappa shape index (κ3) is 2.46. The molecule has 0 amide bonds. The van der Waals surface area contributed by atoms with Crippen LogP contribution in [0.3, 0.4) is 0 Å². The number of benzene rings is 1. The second-order valence-electron chi connectivity index (χ2n) is 4.36. The minimum atomic E-state index is -0.170. The van der Waals surface area contributed by atoms with Gasteiger partial charge in [-0.3, -0.25) is 0 Å². The third-order valence-corrected chi connectivity index (χ3v) is 3.97. The third-order valence-electron chi connectivity index (χ3n) is 3.17. The van der Waals surface area contributed by atoms with Crippen molar-refractivity contribution < 1.29 is 4.39 Å². The summed E-state index contributed by atoms with van der Waals surface area (Å²) in [4.78, 5) is 8.35. The van der Waals surface area contributed by atoms with Gasteiger partial charge in [-0.2, -0.15) is 9.36 Å². The maximum absolute atomic E-state index is 13.7. The zero-order valence-electron chi connectivity index (χ0n) is 10.3. The molecule has 2 N–H and O–H groups in total. The van der Waals surface area contributed by atoms with Gasteiger partial charge in [0.2, 0.25) is 11.1 Å². The number of halogens is 1. The number of nitrogen functional groups attached to an aromatic ring is 1. The SMILES string of the molecule is Nc1nsc(N2CCN(c3ccccc3F)CC2)n1. The number of nitrogens with zero attached hydrogens (tertiary/aromatic N) is 4. The Morgan fingerprint density at radius 1 is 1.11 bits per heavy atom. The molecule has 5 nitrogen and oxygen atoms in total. The number of hydrogen-bond donors (Lipinski definition) is 1. The Balaban J connectivity index is 1.68. The lowest BCUT2D eigenvalue weighted by Gasteiger charge is -2.35. The van der Waals surface area contributed by atoms with Gasteiger partial charge >= 0.3 is 0 Å². The van der Waals surface area contributed by atoms with E-state index >= 15 is 0 Å². The first-order valence-corrected chi connectivity index (χ1v) is 6.85. The first-order chi connectivity index (χ1) is 9.24. The van der Waals surface area contributed by atoms with E-state index in [9.17, 15) is 4.39 Å². The van der Waals surface area contributed by atoms with Crippen molar-refractivity contribution in [1.82, 2.24) is 9.36 Å². The Hall–Kier alpha value is -1.89. The Morgan fingerprint density at radius 3 is 2.42 bits per heavy atom. The molecule has 1 aromatic carbocycles. The molecular formula is C12H14FN5S. The summed E-state index contributed by atoms with van der Waals surface area (Å²) in [5.41, 5.74) is 6.19. The molecule has 0 aliphatic carbocycles. The van der Waals surface area contributed by atoms with Crippen LogP contribution in [0, 0.1) is 5.82 Å². The topological polar surface area (TPSA) is 58.3 Å². The van der Waals surface area contributed by atoms with Crippen LogP contribution >= 0.6 is 11.5 Å². The van der Waals surface area contributed by atoms with E-state index in [1.54, 1.807) is 6.07 Å². The predicted octanol–water partition coefficient (Wildman–Crippen LogP) is 1.59. The number of anilines is 3. The summed E-state index contributed by atoms with van der Waals surface area (Å²) in [5, 5.41) is 0.839. The van der Waals surface area contributed by atoms with Crippen LogP contribution in [0.25, 0.3) is 0 Å². The molecule has 0 unspecified atom stereocenters. The lowest BCUT2D eigenvalue weighted by molar-refractivity contribution is 0.597. The summed E-state index contributed by atoms with van der Waals surface area (Å²) in [5.74, 6) is 0.146. The summed E-state index contributed by atoms with van der Waals surface area (Å²) >= 11 is 1.30. The van der Waals surface area contributed by atoms with Crippen molar-refractivity contribution in [3.8, 4) is 0 Å². The van der Waals surface area contributed by atoms with E-state index in [-0.39, 0.29) is 5.82 Å². The molecule has 7 heteroatoms. The van der Waals surface area contributed by atoms with Crippen LogP contribution in [0.4, 0.5) is 21.2 Å². The molecule has 19 heavy (non-hydrogen) atoms. The van der Waals surface area contributed by atoms with Crippen LogP contribution in [0.5, 0.6) is 0 Å². The van der Waals surface area contributed by atoms with Crippen LogP contribution in [-0.2, 0) is 0 Å². The summed E-state index contributed by atoms with van der Waals surface area (Å²) in [6.45, 7) is 3.12. The molecule has 2 aromatic rings. The van der Waals surface area contributed by atoms with Gasteiger partial charge in [-0.05, 0) is 12.1 Å². The molecule has 2 heterocycles. The average Bonchev–Trinajstić information content (AvgIpc) is 2.86. The lowest BCUT2D eigenvalue weighted by Crippen LogP contribution is -2.46. The Kier molecular flexibility index (Phi) is 3.20. The first-order valence-electron chi connectivity index (χ1n) is 6.07. The number of hydrogen-bond acceptors (Lipinski definition) is 6. The van der Waals surface area contributed by atoms with Crippen LogP contribution in [0.15, 0.2) is 24.3 Å². The molecule has 1 saturated heterocycles. The van der Waals surface area contributed by atoms with Gasteiger partial charge < -0.3 is 15.5 Å². The van der Waals surface area contributed by atoms with Gasteiger partial charge in [0, 0.05) is 37.7 Å². The average molecular weight is 279 g/mol. The van der Waals surface area contributed by atoms with Crippen LogP contribution in [-0.4, -0.2) is 35.5 Å². The minimum absolute atomic E-state index is 0.170. The first kappa shape index (κ1) is 12.2. The van der Waals surface area contributed by atoms with E-state index < -0.39 is 0 Å². The molecular weight excluding hydrogens is 265 g/mol. The Labute approximate surface area is 114 Å². The smallest absolute Gasteiger partial charge is 0.233 e. The van der Waals surface area contributed by atoms with E-state index in [0.29, 0.717) is 11.6 Å². The van der Waals surface area contributed by atoms with Gasteiger partial charge in [-0.25, -0.2) is 4.39 Å². The molecule has 1 aliphatic heterocycles.